The highest BCUT2D eigenvalue weighted by Gasteiger charge is 2.59. The number of hydrogen-bond donors (Lipinski definition) is 1. The number of halogens is 6. The molecule has 2 aliphatic rings. The number of alkyl halides is 6. The Morgan fingerprint density at radius 1 is 0.704 bits per heavy atom. The van der Waals surface area contributed by atoms with Gasteiger partial charge in [-0.15, -0.1) is 0 Å². The summed E-state index contributed by atoms with van der Waals surface area (Å²) in [6.45, 7) is 7.59. The number of fused-ring (bicyclic) bond motifs is 2. The second-order valence-electron chi connectivity index (χ2n) is 12.5. The predicted octanol–water partition coefficient (Wildman–Crippen LogP) is 10.7. The van der Waals surface area contributed by atoms with Crippen molar-refractivity contribution in [3.8, 4) is 22.5 Å². The number of benzene rings is 5. The van der Waals surface area contributed by atoms with Crippen LogP contribution in [-0.2, 0) is 19.7 Å². The number of aryl methyl sites for hydroxylation is 4. The lowest BCUT2D eigenvalue weighted by atomic mass is 9.93. The van der Waals surface area contributed by atoms with E-state index in [9.17, 15) is 43.2 Å². The molecule has 0 fully saturated rings. The number of rotatable bonds is 8. The molecule has 0 spiro atoms. The van der Waals surface area contributed by atoms with Gasteiger partial charge in [0.1, 0.15) is 11.3 Å². The molecule has 1 N–H and O–H groups in total. The number of nitrogens with zero attached hydrogens (tertiary/aromatic N) is 1. The molecule has 0 amide bonds. The quantitative estimate of drug-likeness (QED) is 0.121. The first-order valence-electron chi connectivity index (χ1n) is 16.0. The third-order valence-electron chi connectivity index (χ3n) is 8.66. The van der Waals surface area contributed by atoms with E-state index >= 15 is 0 Å². The van der Waals surface area contributed by atoms with Gasteiger partial charge < -0.3 is 9.73 Å². The number of sulfone groups is 2. The Labute approximate surface area is 310 Å². The number of hydrogen-bond acceptors (Lipinski definition) is 8. The Morgan fingerprint density at radius 3 is 1.93 bits per heavy atom. The Morgan fingerprint density at radius 2 is 1.31 bits per heavy atom. The maximum Gasteiger partial charge on any atom is 0.499 e. The summed E-state index contributed by atoms with van der Waals surface area (Å²) in [6.07, 6.45) is 0. The Kier molecular flexibility index (Phi) is 10.2. The minimum absolute atomic E-state index is 0.0582. The van der Waals surface area contributed by atoms with Gasteiger partial charge in [0.15, 0.2) is 0 Å². The smallest absolute Gasteiger partial charge is 0.456 e. The van der Waals surface area contributed by atoms with Crippen molar-refractivity contribution in [1.29, 1.82) is 0 Å². The van der Waals surface area contributed by atoms with E-state index in [0.29, 0.717) is 16.7 Å². The third kappa shape index (κ3) is 7.46. The zero-order chi connectivity index (χ0) is 39.4. The molecule has 0 radical (unpaired) electrons. The molecule has 0 bridgehead atoms. The summed E-state index contributed by atoms with van der Waals surface area (Å²) < 4.78 is 138. The summed E-state index contributed by atoms with van der Waals surface area (Å²) in [7, 11) is -12.9. The van der Waals surface area contributed by atoms with Crippen LogP contribution in [0.3, 0.4) is 0 Å². The van der Waals surface area contributed by atoms with E-state index in [-0.39, 0.29) is 33.4 Å². The van der Waals surface area contributed by atoms with Crippen molar-refractivity contribution in [1.82, 2.24) is 0 Å². The molecular formula is C38H30F6N2O5S3. The summed E-state index contributed by atoms with van der Waals surface area (Å²) in [4.78, 5) is 3.72. The van der Waals surface area contributed by atoms with Gasteiger partial charge >= 0.3 is 11.0 Å². The lowest BCUT2D eigenvalue weighted by Crippen LogP contribution is -2.39. The van der Waals surface area contributed by atoms with E-state index < -0.39 is 51.3 Å². The summed E-state index contributed by atoms with van der Waals surface area (Å²) >= 11 is -1.78. The van der Waals surface area contributed by atoms with Crippen LogP contribution in [0.15, 0.2) is 111 Å². The first kappa shape index (κ1) is 38.9. The highest BCUT2D eigenvalue weighted by Crippen LogP contribution is 2.48. The molecule has 4 aromatic rings. The minimum Gasteiger partial charge on any atom is -0.456 e. The molecule has 4 aromatic carbocycles. The topological polar surface area (TPSA) is 106 Å². The maximum absolute atomic E-state index is 14.0. The molecule has 0 saturated carbocycles. The van der Waals surface area contributed by atoms with Crippen molar-refractivity contribution >= 4 is 59.5 Å². The molecule has 0 aromatic heterocycles. The van der Waals surface area contributed by atoms with Crippen LogP contribution in [0.4, 0.5) is 43.4 Å². The highest BCUT2D eigenvalue weighted by atomic mass is 32.3. The average Bonchev–Trinajstić information content (AvgIpc) is 3.08. The van der Waals surface area contributed by atoms with E-state index in [2.05, 4.69) is 5.32 Å². The first-order valence-corrected chi connectivity index (χ1v) is 20.0. The lowest BCUT2D eigenvalue weighted by molar-refractivity contribution is -0.0437. The SMILES string of the molecule is Cc1cccc(C)c1/N=c1\ccc2c(-c3ccccc3S(=O)(=O)C(SC(F)(F)F)S(=O)(=O)C(F)(F)F)c3ccc(Nc4c(C)cccc4C)cc3oc-2c1. The summed E-state index contributed by atoms with van der Waals surface area (Å²) in [5, 5.41) is 4.00. The molecule has 54 heavy (non-hydrogen) atoms. The summed E-state index contributed by atoms with van der Waals surface area (Å²) in [5.74, 6) is 0.144. The van der Waals surface area contributed by atoms with Crippen molar-refractivity contribution in [3.63, 3.8) is 0 Å². The number of nitrogens with one attached hydrogen (secondary N) is 1. The Balaban J connectivity index is 1.66. The molecule has 0 saturated heterocycles. The van der Waals surface area contributed by atoms with Crippen LogP contribution in [0.2, 0.25) is 0 Å². The molecule has 1 unspecified atom stereocenters. The normalized spacial score (nSPS) is 13.8. The second kappa shape index (κ2) is 14.1. The zero-order valence-electron chi connectivity index (χ0n) is 28.8. The van der Waals surface area contributed by atoms with E-state index in [0.717, 1.165) is 40.1 Å². The Hall–Kier alpha value is -4.80. The monoisotopic (exact) mass is 804 g/mol. The summed E-state index contributed by atoms with van der Waals surface area (Å²) in [5.41, 5.74) is -6.23. The fourth-order valence-corrected chi connectivity index (χ4v) is 11.8. The number of anilines is 2. The molecule has 7 nitrogen and oxygen atoms in total. The molecule has 282 valence electrons. The van der Waals surface area contributed by atoms with Crippen molar-refractivity contribution in [2.45, 2.75) is 47.5 Å². The van der Waals surface area contributed by atoms with Crippen molar-refractivity contribution in [3.05, 3.63) is 125 Å². The van der Waals surface area contributed by atoms with Crippen LogP contribution >= 0.6 is 11.8 Å². The lowest BCUT2D eigenvalue weighted by Gasteiger charge is -2.23. The van der Waals surface area contributed by atoms with Crippen LogP contribution in [0.25, 0.3) is 33.4 Å². The van der Waals surface area contributed by atoms with E-state index in [1.807, 2.05) is 64.1 Å². The predicted molar refractivity (Wildman–Crippen MR) is 198 cm³/mol. The van der Waals surface area contributed by atoms with Crippen LogP contribution in [0, 0.1) is 27.7 Å². The van der Waals surface area contributed by atoms with Gasteiger partial charge in [0.05, 0.1) is 15.9 Å². The molecule has 1 atom stereocenters. The molecule has 1 aliphatic carbocycles. The fraction of sp³-hybridized carbons (Fsp3) is 0.184. The summed E-state index contributed by atoms with van der Waals surface area (Å²) in [6, 6.07) is 25.3. The van der Waals surface area contributed by atoms with Gasteiger partial charge in [0, 0.05) is 45.6 Å². The van der Waals surface area contributed by atoms with Crippen LogP contribution in [0.5, 0.6) is 0 Å². The fourth-order valence-electron chi connectivity index (χ4n) is 6.12. The number of para-hydroxylation sites is 2. The van der Waals surface area contributed by atoms with E-state index in [4.69, 9.17) is 9.41 Å². The van der Waals surface area contributed by atoms with Gasteiger partial charge in [-0.25, -0.2) is 21.8 Å². The molecule has 6 rings (SSSR count). The van der Waals surface area contributed by atoms with E-state index in [1.165, 1.54) is 12.1 Å². The third-order valence-corrected chi connectivity index (χ3v) is 15.4. The van der Waals surface area contributed by atoms with Gasteiger partial charge in [-0.05, 0) is 92.0 Å². The number of thioether (sulfide) groups is 1. The zero-order valence-corrected chi connectivity index (χ0v) is 31.2. The van der Waals surface area contributed by atoms with Gasteiger partial charge in [-0.2, -0.15) is 26.3 Å². The standard InChI is InChI=1S/C38H30F6N2O5S3/c1-21-9-7-10-22(2)34(21)45-25-15-17-27-30(19-25)51-31-20-26(46-35-23(3)11-8-12-24(35)4)16-18-28(31)33(27)29-13-5-6-14-32(29)53(47,48)36(52-37(39,40)41)54(49,50)38(42,43)44/h5-20,36,45H,1-4H3/b46-26+. The highest BCUT2D eigenvalue weighted by molar-refractivity contribution is 8.27. The van der Waals surface area contributed by atoms with E-state index in [1.54, 1.807) is 36.4 Å². The van der Waals surface area contributed by atoms with Gasteiger partial charge in [-0.3, -0.25) is 0 Å². The van der Waals surface area contributed by atoms with Gasteiger partial charge in [0.2, 0.25) is 13.8 Å². The molecule has 1 aliphatic heterocycles. The average molecular weight is 805 g/mol. The van der Waals surface area contributed by atoms with Gasteiger partial charge in [-0.1, -0.05) is 54.6 Å². The largest absolute Gasteiger partial charge is 0.499 e. The van der Waals surface area contributed by atoms with Crippen LogP contribution in [-0.4, -0.2) is 31.8 Å². The van der Waals surface area contributed by atoms with Crippen molar-refractivity contribution in [2.75, 3.05) is 5.32 Å². The van der Waals surface area contributed by atoms with Crippen molar-refractivity contribution < 1.29 is 47.6 Å². The molecular weight excluding hydrogens is 775 g/mol. The van der Waals surface area contributed by atoms with Crippen LogP contribution < -0.4 is 10.7 Å². The molecule has 1 heterocycles. The van der Waals surface area contributed by atoms with Crippen LogP contribution in [0.1, 0.15) is 22.3 Å². The molecule has 16 heteroatoms. The van der Waals surface area contributed by atoms with Crippen molar-refractivity contribution in [2.24, 2.45) is 4.99 Å². The van der Waals surface area contributed by atoms with Gasteiger partial charge in [0.25, 0.3) is 9.84 Å². The maximum atomic E-state index is 14.0. The Bertz CT molecular complexity index is 2650. The first-order chi connectivity index (χ1) is 25.2. The second-order valence-corrected chi connectivity index (χ2v) is 18.6. The minimum atomic E-state index is -6.93.